The van der Waals surface area contributed by atoms with Crippen LogP contribution in [0.5, 0.6) is 0 Å². The summed E-state index contributed by atoms with van der Waals surface area (Å²) < 4.78 is 1.26. The average molecular weight is 367 g/mol. The second-order valence-corrected chi connectivity index (χ2v) is 8.91. The first-order valence-electron chi connectivity index (χ1n) is 7.72. The Morgan fingerprint density at radius 3 is 2.68 bits per heavy atom. The Morgan fingerprint density at radius 1 is 1.41 bits per heavy atom. The zero-order valence-corrected chi connectivity index (χ0v) is 14.7. The van der Waals surface area contributed by atoms with E-state index < -0.39 is 11.6 Å². The van der Waals surface area contributed by atoms with Gasteiger partial charge in [0.1, 0.15) is 0 Å². The number of carbonyl (C=O) groups is 1. The first-order valence-corrected chi connectivity index (χ1v) is 9.56. The van der Waals surface area contributed by atoms with E-state index in [4.69, 9.17) is 5.11 Å². The van der Waals surface area contributed by atoms with Crippen LogP contribution in [0.15, 0.2) is 42.5 Å². The molecule has 1 fully saturated rings. The van der Waals surface area contributed by atoms with Crippen LogP contribution in [0.25, 0.3) is 0 Å². The van der Waals surface area contributed by atoms with E-state index in [1.807, 2.05) is 18.2 Å². The molecule has 0 spiro atoms. The molecule has 120 valence electrons. The van der Waals surface area contributed by atoms with Gasteiger partial charge in [-0.05, 0) is 0 Å². The van der Waals surface area contributed by atoms with E-state index >= 15 is 0 Å². The fraction of sp³-hybridized carbons (Fsp3) is 0.500. The summed E-state index contributed by atoms with van der Waals surface area (Å²) in [6.07, 6.45) is 2.89. The van der Waals surface area contributed by atoms with Crippen molar-refractivity contribution in [3.8, 4) is 0 Å². The number of carboxylic acid groups (broad SMARTS) is 1. The molecule has 0 unspecified atom stereocenters. The van der Waals surface area contributed by atoms with E-state index in [0.29, 0.717) is 18.8 Å². The van der Waals surface area contributed by atoms with Crippen molar-refractivity contribution in [1.82, 2.24) is 0 Å². The molecule has 4 heteroatoms. The van der Waals surface area contributed by atoms with E-state index in [-0.39, 0.29) is 26.2 Å². The van der Waals surface area contributed by atoms with Gasteiger partial charge in [0.05, 0.1) is 0 Å². The number of carboxylic acids is 1. The predicted octanol–water partition coefficient (Wildman–Crippen LogP) is 2.78. The van der Waals surface area contributed by atoms with Crippen LogP contribution in [0, 0.1) is 5.92 Å². The maximum absolute atomic E-state index is 11.1. The fourth-order valence-electron chi connectivity index (χ4n) is 3.06. The number of hydrogen-bond acceptors (Lipinski definition) is 2. The molecule has 1 aromatic carbocycles. The van der Waals surface area contributed by atoms with Crippen LogP contribution in [0.4, 0.5) is 0 Å². The van der Waals surface area contributed by atoms with Crippen LogP contribution in [-0.2, 0) is 4.79 Å². The van der Waals surface area contributed by atoms with Gasteiger partial charge in [0, 0.05) is 0 Å². The van der Waals surface area contributed by atoms with Gasteiger partial charge < -0.3 is 0 Å². The van der Waals surface area contributed by atoms with Crippen molar-refractivity contribution >= 4 is 25.4 Å². The number of rotatable bonds is 6. The topological polar surface area (TPSA) is 57.5 Å². The molecule has 0 heterocycles. The normalized spacial score (nSPS) is 28.3. The summed E-state index contributed by atoms with van der Waals surface area (Å²) in [6.45, 7) is 6.13. The second-order valence-electron chi connectivity index (χ2n) is 6.23. The molecule has 1 saturated carbocycles. The predicted molar refractivity (Wildman–Crippen MR) is 89.6 cm³/mol. The number of aliphatic hydroxyl groups is 1. The molecule has 0 amide bonds. The molecule has 3 nitrogen and oxygen atoms in total. The molecule has 1 aliphatic rings. The third kappa shape index (κ3) is 4.45. The van der Waals surface area contributed by atoms with Crippen LogP contribution < -0.4 is 4.46 Å². The van der Waals surface area contributed by atoms with Gasteiger partial charge in [0.15, 0.2) is 0 Å². The summed E-state index contributed by atoms with van der Waals surface area (Å²) in [5.74, 6) is -0.387. The van der Waals surface area contributed by atoms with Crippen molar-refractivity contribution in [3.63, 3.8) is 0 Å². The van der Waals surface area contributed by atoms with Crippen molar-refractivity contribution in [3.05, 3.63) is 42.5 Å². The van der Waals surface area contributed by atoms with E-state index in [1.54, 1.807) is 0 Å². The van der Waals surface area contributed by atoms with Crippen LogP contribution in [-0.4, -0.2) is 36.7 Å². The Labute approximate surface area is 138 Å². The van der Waals surface area contributed by atoms with Gasteiger partial charge >= 0.3 is 138 Å². The van der Waals surface area contributed by atoms with Gasteiger partial charge in [-0.2, -0.15) is 0 Å². The maximum atomic E-state index is 11.1. The second kappa shape index (κ2) is 7.45. The van der Waals surface area contributed by atoms with Crippen molar-refractivity contribution in [2.75, 3.05) is 0 Å². The fourth-order valence-corrected chi connectivity index (χ4v) is 6.05. The zero-order chi connectivity index (χ0) is 16.2. The molecule has 0 aromatic heterocycles. The van der Waals surface area contributed by atoms with Crippen molar-refractivity contribution < 1.29 is 15.0 Å². The minimum absolute atomic E-state index is 0.0373. The average Bonchev–Trinajstić information content (AvgIpc) is 2.48. The molecule has 3 atom stereocenters. The minimum atomic E-state index is -0.847. The molecule has 0 saturated heterocycles. The summed E-state index contributed by atoms with van der Waals surface area (Å²) in [6, 6.07) is 10.2. The summed E-state index contributed by atoms with van der Waals surface area (Å²) in [5, 5.41) is 20.0. The molecule has 1 aliphatic carbocycles. The third-order valence-corrected chi connectivity index (χ3v) is 7.58. The van der Waals surface area contributed by atoms with E-state index in [2.05, 4.69) is 25.6 Å². The van der Waals surface area contributed by atoms with Crippen LogP contribution in [0.1, 0.15) is 39.0 Å². The van der Waals surface area contributed by atoms with Gasteiger partial charge in [-0.3, -0.25) is 0 Å². The van der Waals surface area contributed by atoms with Crippen LogP contribution >= 0.6 is 0 Å². The quantitative estimate of drug-likeness (QED) is 0.601. The van der Waals surface area contributed by atoms with Crippen LogP contribution in [0.2, 0.25) is 4.82 Å². The molecule has 0 bridgehead atoms. The standard InChI is InChI=1S/C18H24O3Se/c1-13(2)14-8-10-18(21,11-9-17(19)20)16(12-14)22-15-6-4-3-5-7-15/h3-7,14,16,21H,1,8-12H2,2H3,(H,19,20)/t14-,16-,18+/m0/s1. The van der Waals surface area contributed by atoms with E-state index in [0.717, 1.165) is 12.8 Å². The van der Waals surface area contributed by atoms with E-state index in [9.17, 15) is 9.90 Å². The number of benzene rings is 1. The Bertz CT molecular complexity index is 528. The summed E-state index contributed by atoms with van der Waals surface area (Å²) in [5.41, 5.74) is 0.328. The van der Waals surface area contributed by atoms with Gasteiger partial charge in [0.2, 0.25) is 0 Å². The van der Waals surface area contributed by atoms with Crippen molar-refractivity contribution in [2.45, 2.75) is 49.4 Å². The zero-order valence-electron chi connectivity index (χ0n) is 13.0. The Hall–Kier alpha value is -1.09. The van der Waals surface area contributed by atoms with Crippen molar-refractivity contribution in [1.29, 1.82) is 0 Å². The van der Waals surface area contributed by atoms with Gasteiger partial charge in [0.25, 0.3) is 0 Å². The molecular weight excluding hydrogens is 343 g/mol. The molecule has 22 heavy (non-hydrogen) atoms. The molecule has 0 aliphatic heterocycles. The summed E-state index contributed by atoms with van der Waals surface area (Å²) in [7, 11) is 0. The Balaban J connectivity index is 2.15. The third-order valence-electron chi connectivity index (χ3n) is 4.51. The van der Waals surface area contributed by atoms with Gasteiger partial charge in [-0.25, -0.2) is 0 Å². The molecule has 2 N–H and O–H groups in total. The Kier molecular flexibility index (Phi) is 5.85. The first kappa shape index (κ1) is 17.3. The first-order chi connectivity index (χ1) is 10.4. The summed E-state index contributed by atoms with van der Waals surface area (Å²) in [4.78, 5) is 11.1. The molecular formula is C18H24O3Se. The van der Waals surface area contributed by atoms with Gasteiger partial charge in [-0.15, -0.1) is 0 Å². The SMILES string of the molecule is C=C(C)[C@H]1CC[C@@](O)(CCC(=O)O)[C@@H]([Se]c2ccccc2)C1. The van der Waals surface area contributed by atoms with Crippen molar-refractivity contribution in [2.24, 2.45) is 5.92 Å². The monoisotopic (exact) mass is 368 g/mol. The van der Waals surface area contributed by atoms with E-state index in [1.165, 1.54) is 10.0 Å². The number of aliphatic carboxylic acids is 1. The summed E-state index contributed by atoms with van der Waals surface area (Å²) >= 11 is 0.142. The van der Waals surface area contributed by atoms with Gasteiger partial charge in [-0.1, -0.05) is 0 Å². The van der Waals surface area contributed by atoms with Crippen LogP contribution in [0.3, 0.4) is 0 Å². The number of hydrogen-bond donors (Lipinski definition) is 2. The molecule has 1 aromatic rings. The molecule has 0 radical (unpaired) electrons. The number of allylic oxidation sites excluding steroid dienone is 1. The Morgan fingerprint density at radius 2 is 2.09 bits per heavy atom. The molecule has 2 rings (SSSR count).